The van der Waals surface area contributed by atoms with Gasteiger partial charge in [-0.2, -0.15) is 5.10 Å². The SMILES string of the molecule is CC(N)Cc1cccc(Cl)c1N(C)Cc1cnn(C)c1. The van der Waals surface area contributed by atoms with Crippen LogP contribution in [0.2, 0.25) is 5.02 Å². The third kappa shape index (κ3) is 3.52. The summed E-state index contributed by atoms with van der Waals surface area (Å²) in [6, 6.07) is 6.09. The first kappa shape index (κ1) is 14.9. The first-order chi connectivity index (χ1) is 9.47. The van der Waals surface area contributed by atoms with E-state index in [0.29, 0.717) is 0 Å². The second-order valence-corrected chi connectivity index (χ2v) is 5.71. The van der Waals surface area contributed by atoms with Gasteiger partial charge in [-0.05, 0) is 25.0 Å². The van der Waals surface area contributed by atoms with Crippen LogP contribution in [-0.4, -0.2) is 22.9 Å². The molecule has 0 fully saturated rings. The molecule has 108 valence electrons. The van der Waals surface area contributed by atoms with E-state index in [2.05, 4.69) is 16.1 Å². The predicted octanol–water partition coefficient (Wildman–Crippen LogP) is 2.60. The van der Waals surface area contributed by atoms with Crippen molar-refractivity contribution in [3.8, 4) is 0 Å². The second kappa shape index (κ2) is 6.29. The molecule has 0 saturated carbocycles. The lowest BCUT2D eigenvalue weighted by Gasteiger charge is -2.24. The molecule has 0 radical (unpaired) electrons. The summed E-state index contributed by atoms with van der Waals surface area (Å²) in [6.07, 6.45) is 4.70. The number of nitrogens with zero attached hydrogens (tertiary/aromatic N) is 3. The van der Waals surface area contributed by atoms with Crippen LogP contribution in [0.3, 0.4) is 0 Å². The highest BCUT2D eigenvalue weighted by atomic mass is 35.5. The fraction of sp³-hybridized carbons (Fsp3) is 0.400. The summed E-state index contributed by atoms with van der Waals surface area (Å²) in [5.74, 6) is 0. The van der Waals surface area contributed by atoms with E-state index in [4.69, 9.17) is 17.3 Å². The molecule has 2 N–H and O–H groups in total. The zero-order valence-corrected chi connectivity index (χ0v) is 12.9. The third-order valence-electron chi connectivity index (χ3n) is 3.17. The first-order valence-electron chi connectivity index (χ1n) is 6.69. The van der Waals surface area contributed by atoms with E-state index in [-0.39, 0.29) is 6.04 Å². The van der Waals surface area contributed by atoms with E-state index < -0.39 is 0 Å². The Morgan fingerprint density at radius 2 is 2.20 bits per heavy atom. The molecular formula is C15H21ClN4. The summed E-state index contributed by atoms with van der Waals surface area (Å²) < 4.78 is 1.80. The van der Waals surface area contributed by atoms with Crippen molar-refractivity contribution in [2.45, 2.75) is 25.9 Å². The van der Waals surface area contributed by atoms with Crippen molar-refractivity contribution in [1.82, 2.24) is 9.78 Å². The fourth-order valence-corrected chi connectivity index (χ4v) is 2.74. The Balaban J connectivity index is 2.25. The summed E-state index contributed by atoms with van der Waals surface area (Å²) in [5, 5.41) is 4.95. The van der Waals surface area contributed by atoms with Crippen molar-refractivity contribution >= 4 is 17.3 Å². The van der Waals surface area contributed by atoms with E-state index in [0.717, 1.165) is 29.2 Å². The molecule has 0 saturated heterocycles. The summed E-state index contributed by atoms with van der Waals surface area (Å²) in [5.41, 5.74) is 9.31. The lowest BCUT2D eigenvalue weighted by Crippen LogP contribution is -2.22. The number of aromatic nitrogens is 2. The monoisotopic (exact) mass is 292 g/mol. The predicted molar refractivity (Wildman–Crippen MR) is 84.1 cm³/mol. The molecule has 5 heteroatoms. The van der Waals surface area contributed by atoms with Gasteiger partial charge < -0.3 is 10.6 Å². The molecule has 2 aromatic rings. The molecule has 0 aliphatic carbocycles. The van der Waals surface area contributed by atoms with Crippen molar-refractivity contribution in [1.29, 1.82) is 0 Å². The molecule has 4 nitrogen and oxygen atoms in total. The van der Waals surface area contributed by atoms with Gasteiger partial charge in [-0.1, -0.05) is 23.7 Å². The molecule has 0 amide bonds. The summed E-state index contributed by atoms with van der Waals surface area (Å²) in [4.78, 5) is 2.15. The Bertz CT molecular complexity index is 577. The van der Waals surface area contributed by atoms with Crippen molar-refractivity contribution < 1.29 is 0 Å². The molecule has 1 heterocycles. The Labute approximate surface area is 125 Å². The number of anilines is 1. The quantitative estimate of drug-likeness (QED) is 0.921. The highest BCUT2D eigenvalue weighted by Gasteiger charge is 2.13. The minimum absolute atomic E-state index is 0.110. The van der Waals surface area contributed by atoms with Gasteiger partial charge in [0.1, 0.15) is 0 Å². The number of rotatable bonds is 5. The second-order valence-electron chi connectivity index (χ2n) is 5.31. The van der Waals surface area contributed by atoms with Crippen LogP contribution in [0.15, 0.2) is 30.6 Å². The molecule has 0 spiro atoms. The van der Waals surface area contributed by atoms with Gasteiger partial charge in [0.2, 0.25) is 0 Å². The largest absolute Gasteiger partial charge is 0.369 e. The molecule has 1 aromatic heterocycles. The highest BCUT2D eigenvalue weighted by molar-refractivity contribution is 6.33. The Morgan fingerprint density at radius 3 is 2.80 bits per heavy atom. The number of para-hydroxylation sites is 1. The van der Waals surface area contributed by atoms with Gasteiger partial charge in [-0.25, -0.2) is 0 Å². The van der Waals surface area contributed by atoms with Crippen LogP contribution in [0.4, 0.5) is 5.69 Å². The number of nitrogens with two attached hydrogens (primary N) is 1. The minimum atomic E-state index is 0.110. The van der Waals surface area contributed by atoms with E-state index in [1.807, 2.05) is 45.5 Å². The van der Waals surface area contributed by atoms with Gasteiger partial charge >= 0.3 is 0 Å². The molecule has 2 rings (SSSR count). The van der Waals surface area contributed by atoms with Crippen LogP contribution in [0.25, 0.3) is 0 Å². The highest BCUT2D eigenvalue weighted by Crippen LogP contribution is 2.30. The number of aryl methyl sites for hydroxylation is 1. The van der Waals surface area contributed by atoms with Gasteiger partial charge in [0.25, 0.3) is 0 Å². The maximum Gasteiger partial charge on any atom is 0.0642 e. The van der Waals surface area contributed by atoms with Crippen molar-refractivity contribution in [3.63, 3.8) is 0 Å². The van der Waals surface area contributed by atoms with Crippen molar-refractivity contribution in [3.05, 3.63) is 46.7 Å². The molecule has 0 aliphatic rings. The smallest absolute Gasteiger partial charge is 0.0642 e. The number of hydrogen-bond acceptors (Lipinski definition) is 3. The van der Waals surface area contributed by atoms with E-state index in [1.54, 1.807) is 4.68 Å². The maximum atomic E-state index is 6.38. The molecule has 1 unspecified atom stereocenters. The lowest BCUT2D eigenvalue weighted by atomic mass is 10.0. The van der Waals surface area contributed by atoms with E-state index in [9.17, 15) is 0 Å². The lowest BCUT2D eigenvalue weighted by molar-refractivity contribution is 0.734. The fourth-order valence-electron chi connectivity index (χ4n) is 2.41. The Morgan fingerprint density at radius 1 is 1.45 bits per heavy atom. The summed E-state index contributed by atoms with van der Waals surface area (Å²) in [7, 11) is 3.96. The summed E-state index contributed by atoms with van der Waals surface area (Å²) in [6.45, 7) is 2.77. The van der Waals surface area contributed by atoms with Gasteiger partial charge in [0.05, 0.1) is 16.9 Å². The average Bonchev–Trinajstić information content (AvgIpc) is 2.73. The maximum absolute atomic E-state index is 6.38. The number of benzene rings is 1. The van der Waals surface area contributed by atoms with Crippen LogP contribution in [0.1, 0.15) is 18.1 Å². The van der Waals surface area contributed by atoms with Crippen LogP contribution >= 0.6 is 11.6 Å². The van der Waals surface area contributed by atoms with Gasteiger partial charge in [0.15, 0.2) is 0 Å². The van der Waals surface area contributed by atoms with Crippen LogP contribution < -0.4 is 10.6 Å². The van der Waals surface area contributed by atoms with Gasteiger partial charge in [-0.15, -0.1) is 0 Å². The third-order valence-corrected chi connectivity index (χ3v) is 3.48. The Kier molecular flexibility index (Phi) is 4.68. The summed E-state index contributed by atoms with van der Waals surface area (Å²) >= 11 is 6.38. The standard InChI is InChI=1S/C15H21ClN4/c1-11(17)7-13-5-4-6-14(16)15(13)19(2)9-12-8-18-20(3)10-12/h4-6,8,10-11H,7,9,17H2,1-3H3. The van der Waals surface area contributed by atoms with Gasteiger partial charge in [0, 0.05) is 38.4 Å². The molecule has 0 bridgehead atoms. The molecular weight excluding hydrogens is 272 g/mol. The van der Waals surface area contributed by atoms with Crippen molar-refractivity contribution in [2.75, 3.05) is 11.9 Å². The Hall–Kier alpha value is -1.52. The molecule has 0 aliphatic heterocycles. The van der Waals surface area contributed by atoms with Crippen LogP contribution in [0.5, 0.6) is 0 Å². The number of hydrogen-bond donors (Lipinski definition) is 1. The van der Waals surface area contributed by atoms with Crippen molar-refractivity contribution in [2.24, 2.45) is 12.8 Å². The van der Waals surface area contributed by atoms with Crippen LogP contribution in [-0.2, 0) is 20.0 Å². The minimum Gasteiger partial charge on any atom is -0.369 e. The zero-order valence-electron chi connectivity index (χ0n) is 12.2. The molecule has 1 aromatic carbocycles. The zero-order chi connectivity index (χ0) is 14.7. The normalized spacial score (nSPS) is 12.4. The van der Waals surface area contributed by atoms with E-state index in [1.165, 1.54) is 5.56 Å². The molecule has 1 atom stereocenters. The van der Waals surface area contributed by atoms with E-state index >= 15 is 0 Å². The number of halogens is 1. The first-order valence-corrected chi connectivity index (χ1v) is 7.07. The topological polar surface area (TPSA) is 47.1 Å². The van der Waals surface area contributed by atoms with Crippen LogP contribution in [0, 0.1) is 0 Å². The van der Waals surface area contributed by atoms with Gasteiger partial charge in [-0.3, -0.25) is 4.68 Å². The molecule has 20 heavy (non-hydrogen) atoms. The average molecular weight is 293 g/mol.